The van der Waals surface area contributed by atoms with E-state index in [1.807, 2.05) is 0 Å². The molecule has 0 amide bonds. The lowest BCUT2D eigenvalue weighted by molar-refractivity contribution is 0.510. The van der Waals surface area contributed by atoms with Crippen LogP contribution in [0, 0.1) is 11.6 Å². The Bertz CT molecular complexity index is 708. The van der Waals surface area contributed by atoms with Crippen LogP contribution in [0.5, 0.6) is 0 Å². The molecule has 0 atom stereocenters. The second kappa shape index (κ2) is 3.12. The minimum Gasteiger partial charge on any atom is -0.294 e. The molecule has 0 N–H and O–H groups in total. The smallest absolute Gasteiger partial charge is 0.161 e. The first-order valence-electron chi connectivity index (χ1n) is 4.43. The largest absolute Gasteiger partial charge is 0.294 e. The summed E-state index contributed by atoms with van der Waals surface area (Å²) in [5.41, 5.74) is 1.27. The van der Waals surface area contributed by atoms with E-state index in [2.05, 4.69) is 9.97 Å². The zero-order chi connectivity index (χ0) is 11.3. The van der Waals surface area contributed by atoms with Gasteiger partial charge < -0.3 is 0 Å². The maximum absolute atomic E-state index is 13.1. The average Bonchev–Trinajstić information content (AvgIpc) is 2.71. The molecule has 2 heterocycles. The van der Waals surface area contributed by atoms with Crippen LogP contribution in [0.1, 0.15) is 0 Å². The summed E-state index contributed by atoms with van der Waals surface area (Å²) in [5.74, 6) is -1.87. The molecule has 0 aliphatic carbocycles. The highest BCUT2D eigenvalue weighted by Gasteiger charge is 2.10. The molecule has 0 fully saturated rings. The van der Waals surface area contributed by atoms with Gasteiger partial charge in [-0.2, -0.15) is 0 Å². The second-order valence-corrected chi connectivity index (χ2v) is 3.66. The van der Waals surface area contributed by atoms with Crippen molar-refractivity contribution in [1.29, 1.82) is 0 Å². The van der Waals surface area contributed by atoms with Crippen LogP contribution in [0.15, 0.2) is 24.7 Å². The first-order valence-corrected chi connectivity index (χ1v) is 4.81. The van der Waals surface area contributed by atoms with Crippen molar-refractivity contribution < 1.29 is 8.78 Å². The predicted molar refractivity (Wildman–Crippen MR) is 55.4 cm³/mol. The minimum absolute atomic E-state index is 0.205. The average molecular weight is 240 g/mol. The Hall–Kier alpha value is -1.75. The molecule has 2 aromatic heterocycles. The highest BCUT2D eigenvalue weighted by Crippen LogP contribution is 2.23. The monoisotopic (exact) mass is 239 g/mol. The topological polar surface area (TPSA) is 30.2 Å². The van der Waals surface area contributed by atoms with Crippen molar-refractivity contribution in [3.8, 4) is 0 Å². The third-order valence-electron chi connectivity index (χ3n) is 2.35. The third kappa shape index (κ3) is 1.18. The van der Waals surface area contributed by atoms with E-state index >= 15 is 0 Å². The molecule has 0 aliphatic heterocycles. The van der Waals surface area contributed by atoms with Crippen LogP contribution in [0.3, 0.4) is 0 Å². The van der Waals surface area contributed by atoms with E-state index in [1.54, 1.807) is 4.40 Å². The van der Waals surface area contributed by atoms with Crippen molar-refractivity contribution in [2.75, 3.05) is 0 Å². The van der Waals surface area contributed by atoms with E-state index in [4.69, 9.17) is 11.6 Å². The van der Waals surface area contributed by atoms with Gasteiger partial charge in [0, 0.05) is 12.1 Å². The van der Waals surface area contributed by atoms with Crippen molar-refractivity contribution in [2.24, 2.45) is 0 Å². The van der Waals surface area contributed by atoms with Gasteiger partial charge in [-0.1, -0.05) is 11.6 Å². The molecule has 80 valence electrons. The van der Waals surface area contributed by atoms with Crippen LogP contribution in [-0.2, 0) is 0 Å². The molecule has 6 heteroatoms. The van der Waals surface area contributed by atoms with Gasteiger partial charge in [-0.15, -0.1) is 0 Å². The molecule has 0 aliphatic rings. The number of hydrogen-bond acceptors (Lipinski definition) is 2. The SMILES string of the molecule is Fc1cc2nc(Cl)c3cncn3c2cc1F. The fraction of sp³-hybridized carbons (Fsp3) is 0. The molecular weight excluding hydrogens is 236 g/mol. The summed E-state index contributed by atoms with van der Waals surface area (Å²) in [4.78, 5) is 7.86. The van der Waals surface area contributed by atoms with Crippen molar-refractivity contribution in [1.82, 2.24) is 14.4 Å². The van der Waals surface area contributed by atoms with Crippen LogP contribution in [0.4, 0.5) is 8.78 Å². The second-order valence-electron chi connectivity index (χ2n) is 3.31. The lowest BCUT2D eigenvalue weighted by atomic mass is 10.2. The number of fused-ring (bicyclic) bond motifs is 3. The Morgan fingerprint density at radius 3 is 2.69 bits per heavy atom. The van der Waals surface area contributed by atoms with Crippen LogP contribution in [0.25, 0.3) is 16.6 Å². The summed E-state index contributed by atoms with van der Waals surface area (Å²) in [6, 6.07) is 2.08. The maximum Gasteiger partial charge on any atom is 0.161 e. The van der Waals surface area contributed by atoms with Gasteiger partial charge >= 0.3 is 0 Å². The summed E-state index contributed by atoms with van der Waals surface area (Å²) in [5, 5.41) is 0.205. The quantitative estimate of drug-likeness (QED) is 0.604. The predicted octanol–water partition coefficient (Wildman–Crippen LogP) is 2.81. The van der Waals surface area contributed by atoms with Gasteiger partial charge in [-0.05, 0) is 0 Å². The standard InChI is InChI=1S/C10H4ClF2N3/c11-10-9-3-14-4-16(9)8-2-6(13)5(12)1-7(8)15-10/h1-4H. The Morgan fingerprint density at radius 1 is 1.12 bits per heavy atom. The van der Waals surface area contributed by atoms with Gasteiger partial charge in [0.15, 0.2) is 16.8 Å². The van der Waals surface area contributed by atoms with E-state index in [1.165, 1.54) is 12.5 Å². The van der Waals surface area contributed by atoms with E-state index in [-0.39, 0.29) is 10.7 Å². The first kappa shape index (κ1) is 9.47. The molecule has 0 spiro atoms. The fourth-order valence-electron chi connectivity index (χ4n) is 1.61. The molecule has 3 rings (SSSR count). The number of rotatable bonds is 0. The number of benzene rings is 1. The Labute approximate surface area is 93.3 Å². The molecule has 0 saturated carbocycles. The maximum atomic E-state index is 13.1. The molecule has 3 nitrogen and oxygen atoms in total. The van der Waals surface area contributed by atoms with Crippen molar-refractivity contribution in [3.63, 3.8) is 0 Å². The van der Waals surface area contributed by atoms with E-state index in [0.29, 0.717) is 11.0 Å². The summed E-state index contributed by atoms with van der Waals surface area (Å²) < 4.78 is 27.7. The number of nitrogens with zero attached hydrogens (tertiary/aromatic N) is 3. The van der Waals surface area contributed by atoms with Gasteiger partial charge in [-0.3, -0.25) is 4.40 Å². The van der Waals surface area contributed by atoms with E-state index < -0.39 is 11.6 Å². The van der Waals surface area contributed by atoms with E-state index in [0.717, 1.165) is 12.1 Å². The number of imidazole rings is 1. The summed E-state index contributed by atoms with van der Waals surface area (Å²) in [6.07, 6.45) is 2.98. The molecule has 0 bridgehead atoms. The van der Waals surface area contributed by atoms with E-state index in [9.17, 15) is 8.78 Å². The normalized spacial score (nSPS) is 11.4. The summed E-state index contributed by atoms with van der Waals surface area (Å²) in [6.45, 7) is 0. The molecule has 16 heavy (non-hydrogen) atoms. The lowest BCUT2D eigenvalue weighted by Gasteiger charge is -2.03. The molecule has 0 unspecified atom stereocenters. The summed E-state index contributed by atoms with van der Waals surface area (Å²) in [7, 11) is 0. The van der Waals surface area contributed by atoms with Gasteiger partial charge in [0.25, 0.3) is 0 Å². The number of hydrogen-bond donors (Lipinski definition) is 0. The van der Waals surface area contributed by atoms with Gasteiger partial charge in [-0.25, -0.2) is 18.7 Å². The van der Waals surface area contributed by atoms with Crippen molar-refractivity contribution in [3.05, 3.63) is 41.4 Å². The Kier molecular flexibility index (Phi) is 1.85. The van der Waals surface area contributed by atoms with Gasteiger partial charge in [0.05, 0.1) is 23.6 Å². The summed E-state index contributed by atoms with van der Waals surface area (Å²) >= 11 is 5.88. The van der Waals surface area contributed by atoms with Gasteiger partial charge in [0.2, 0.25) is 0 Å². The molecule has 0 saturated heterocycles. The number of halogens is 3. The number of aromatic nitrogens is 3. The molecular formula is C10H4ClF2N3. The first-order chi connectivity index (χ1) is 7.66. The Morgan fingerprint density at radius 2 is 1.88 bits per heavy atom. The highest BCUT2D eigenvalue weighted by molar-refractivity contribution is 6.33. The molecule has 1 aromatic carbocycles. The molecule has 3 aromatic rings. The zero-order valence-corrected chi connectivity index (χ0v) is 8.54. The lowest BCUT2D eigenvalue weighted by Crippen LogP contribution is -1.94. The zero-order valence-electron chi connectivity index (χ0n) is 7.78. The van der Waals surface area contributed by atoms with Crippen LogP contribution in [0.2, 0.25) is 5.15 Å². The van der Waals surface area contributed by atoms with Crippen LogP contribution < -0.4 is 0 Å². The fourth-order valence-corrected chi connectivity index (χ4v) is 1.84. The highest BCUT2D eigenvalue weighted by atomic mass is 35.5. The van der Waals surface area contributed by atoms with Gasteiger partial charge in [0.1, 0.15) is 5.52 Å². The third-order valence-corrected chi connectivity index (χ3v) is 2.62. The van der Waals surface area contributed by atoms with Crippen molar-refractivity contribution >= 4 is 28.2 Å². The molecule has 0 radical (unpaired) electrons. The van der Waals surface area contributed by atoms with Crippen molar-refractivity contribution in [2.45, 2.75) is 0 Å². The van der Waals surface area contributed by atoms with Crippen LogP contribution in [-0.4, -0.2) is 14.4 Å². The Balaban J connectivity index is 2.59. The minimum atomic E-state index is -0.949. The van der Waals surface area contributed by atoms with Crippen LogP contribution >= 0.6 is 11.6 Å².